The maximum atomic E-state index is 12.7. The van der Waals surface area contributed by atoms with E-state index in [1.54, 1.807) is 28.6 Å². The SMILES string of the molecule is O=S(=O)(c1ccc(-c2nc3ccccc3o2)cc1)N1CCCCC1. The van der Waals surface area contributed by atoms with E-state index in [9.17, 15) is 8.42 Å². The number of nitrogens with zero attached hydrogens (tertiary/aromatic N) is 2. The highest BCUT2D eigenvalue weighted by atomic mass is 32.2. The second-order valence-corrected chi connectivity index (χ2v) is 7.91. The topological polar surface area (TPSA) is 63.4 Å². The van der Waals surface area contributed by atoms with Gasteiger partial charge in [0.25, 0.3) is 0 Å². The van der Waals surface area contributed by atoms with Crippen LogP contribution in [0.5, 0.6) is 0 Å². The summed E-state index contributed by atoms with van der Waals surface area (Å²) in [6.45, 7) is 1.21. The number of aromatic nitrogens is 1. The van der Waals surface area contributed by atoms with Crippen LogP contribution in [0.2, 0.25) is 0 Å². The number of benzene rings is 2. The van der Waals surface area contributed by atoms with Gasteiger partial charge in [-0.1, -0.05) is 18.6 Å². The number of para-hydroxylation sites is 2. The minimum absolute atomic E-state index is 0.323. The predicted molar refractivity (Wildman–Crippen MR) is 92.1 cm³/mol. The third-order valence-corrected chi connectivity index (χ3v) is 6.26. The summed E-state index contributed by atoms with van der Waals surface area (Å²) in [5.74, 6) is 0.498. The quantitative estimate of drug-likeness (QED) is 0.728. The molecular formula is C18H18N2O3S. The van der Waals surface area contributed by atoms with Gasteiger partial charge in [0.1, 0.15) is 5.52 Å². The summed E-state index contributed by atoms with van der Waals surface area (Å²) >= 11 is 0. The molecule has 5 nitrogen and oxygen atoms in total. The molecule has 0 unspecified atom stereocenters. The van der Waals surface area contributed by atoms with Crippen molar-refractivity contribution in [2.45, 2.75) is 24.2 Å². The molecule has 2 aromatic carbocycles. The lowest BCUT2D eigenvalue weighted by molar-refractivity contribution is 0.346. The molecule has 0 N–H and O–H groups in total. The van der Waals surface area contributed by atoms with E-state index in [0.717, 1.165) is 35.9 Å². The second-order valence-electron chi connectivity index (χ2n) is 5.98. The van der Waals surface area contributed by atoms with Crippen LogP contribution in [0, 0.1) is 0 Å². The Morgan fingerprint density at radius 2 is 1.62 bits per heavy atom. The van der Waals surface area contributed by atoms with Gasteiger partial charge in [0.05, 0.1) is 4.90 Å². The first-order valence-electron chi connectivity index (χ1n) is 8.11. The van der Waals surface area contributed by atoms with Crippen LogP contribution in [0.4, 0.5) is 0 Å². The third-order valence-electron chi connectivity index (χ3n) is 4.35. The zero-order valence-electron chi connectivity index (χ0n) is 13.2. The van der Waals surface area contributed by atoms with Crippen LogP contribution in [0.25, 0.3) is 22.6 Å². The Balaban J connectivity index is 1.64. The monoisotopic (exact) mass is 342 g/mol. The van der Waals surface area contributed by atoms with Gasteiger partial charge in [0.15, 0.2) is 5.58 Å². The van der Waals surface area contributed by atoms with Gasteiger partial charge in [-0.15, -0.1) is 0 Å². The van der Waals surface area contributed by atoms with Crippen molar-refractivity contribution in [3.05, 3.63) is 48.5 Å². The largest absolute Gasteiger partial charge is 0.436 e. The first-order valence-corrected chi connectivity index (χ1v) is 9.55. The molecule has 0 bridgehead atoms. The number of rotatable bonds is 3. The van der Waals surface area contributed by atoms with Crippen molar-refractivity contribution >= 4 is 21.1 Å². The van der Waals surface area contributed by atoms with E-state index in [0.29, 0.717) is 23.9 Å². The number of oxazole rings is 1. The number of hydrogen-bond donors (Lipinski definition) is 0. The molecule has 1 aromatic heterocycles. The van der Waals surface area contributed by atoms with Crippen LogP contribution < -0.4 is 0 Å². The first kappa shape index (κ1) is 15.4. The van der Waals surface area contributed by atoms with Gasteiger partial charge >= 0.3 is 0 Å². The summed E-state index contributed by atoms with van der Waals surface area (Å²) in [5, 5.41) is 0. The Morgan fingerprint density at radius 3 is 2.33 bits per heavy atom. The highest BCUT2D eigenvalue weighted by Crippen LogP contribution is 2.26. The van der Waals surface area contributed by atoms with Gasteiger partial charge in [0.2, 0.25) is 15.9 Å². The molecule has 0 aliphatic carbocycles. The zero-order chi connectivity index (χ0) is 16.6. The van der Waals surface area contributed by atoms with Crippen molar-refractivity contribution in [2.24, 2.45) is 0 Å². The molecular weight excluding hydrogens is 324 g/mol. The maximum Gasteiger partial charge on any atom is 0.243 e. The minimum atomic E-state index is -3.40. The van der Waals surface area contributed by atoms with Crippen LogP contribution in [-0.2, 0) is 10.0 Å². The lowest BCUT2D eigenvalue weighted by atomic mass is 10.2. The molecule has 1 aliphatic heterocycles. The van der Waals surface area contributed by atoms with E-state index in [4.69, 9.17) is 4.42 Å². The lowest BCUT2D eigenvalue weighted by Gasteiger charge is -2.25. The van der Waals surface area contributed by atoms with Crippen LogP contribution in [0.1, 0.15) is 19.3 Å². The Morgan fingerprint density at radius 1 is 0.917 bits per heavy atom. The molecule has 0 radical (unpaired) electrons. The molecule has 0 saturated carbocycles. The molecule has 6 heteroatoms. The second kappa shape index (κ2) is 6.03. The van der Waals surface area contributed by atoms with Crippen LogP contribution in [-0.4, -0.2) is 30.8 Å². The summed E-state index contributed by atoms with van der Waals surface area (Å²) in [4.78, 5) is 4.76. The number of fused-ring (bicyclic) bond motifs is 1. The van der Waals surface area contributed by atoms with E-state index < -0.39 is 10.0 Å². The molecule has 0 atom stereocenters. The Labute approximate surface area is 141 Å². The number of hydrogen-bond acceptors (Lipinski definition) is 4. The van der Waals surface area contributed by atoms with Gasteiger partial charge in [-0.3, -0.25) is 0 Å². The molecule has 0 spiro atoms. The van der Waals surface area contributed by atoms with Crippen molar-refractivity contribution in [3.63, 3.8) is 0 Å². The predicted octanol–water partition coefficient (Wildman–Crippen LogP) is 3.67. The van der Waals surface area contributed by atoms with E-state index in [1.807, 2.05) is 24.3 Å². The Hall–Kier alpha value is -2.18. The standard InChI is InChI=1S/C18H18N2O3S/c21-24(22,20-12-4-1-5-13-20)15-10-8-14(9-11-15)18-19-16-6-2-3-7-17(16)23-18/h2-3,6-11H,1,4-5,12-13H2. The fraction of sp³-hybridized carbons (Fsp3) is 0.278. The third kappa shape index (κ3) is 2.72. The fourth-order valence-corrected chi connectivity index (χ4v) is 4.54. The summed E-state index contributed by atoms with van der Waals surface area (Å²) in [6.07, 6.45) is 2.96. The molecule has 24 heavy (non-hydrogen) atoms. The molecule has 1 saturated heterocycles. The fourth-order valence-electron chi connectivity index (χ4n) is 3.02. The van der Waals surface area contributed by atoms with Crippen molar-refractivity contribution < 1.29 is 12.8 Å². The molecule has 124 valence electrons. The summed E-state index contributed by atoms with van der Waals surface area (Å²) in [5.41, 5.74) is 2.28. The molecule has 2 heterocycles. The minimum Gasteiger partial charge on any atom is -0.436 e. The molecule has 1 fully saturated rings. The Bertz CT molecular complexity index is 922. The number of sulfonamides is 1. The van der Waals surface area contributed by atoms with E-state index >= 15 is 0 Å². The van der Waals surface area contributed by atoms with Gasteiger partial charge in [0, 0.05) is 18.7 Å². The van der Waals surface area contributed by atoms with Crippen molar-refractivity contribution in [1.29, 1.82) is 0 Å². The van der Waals surface area contributed by atoms with Gasteiger partial charge in [-0.25, -0.2) is 13.4 Å². The van der Waals surface area contributed by atoms with Gasteiger partial charge in [-0.2, -0.15) is 4.31 Å². The molecule has 1 aliphatic rings. The Kier molecular flexibility index (Phi) is 3.86. The normalized spacial score (nSPS) is 16.5. The van der Waals surface area contributed by atoms with Crippen LogP contribution >= 0.6 is 0 Å². The van der Waals surface area contributed by atoms with E-state index in [1.165, 1.54) is 0 Å². The average Bonchev–Trinajstić information content (AvgIpc) is 3.07. The smallest absolute Gasteiger partial charge is 0.243 e. The molecule has 4 rings (SSSR count). The van der Waals surface area contributed by atoms with Gasteiger partial charge in [-0.05, 0) is 49.2 Å². The average molecular weight is 342 g/mol. The van der Waals surface area contributed by atoms with Crippen molar-refractivity contribution in [2.75, 3.05) is 13.1 Å². The zero-order valence-corrected chi connectivity index (χ0v) is 14.0. The van der Waals surface area contributed by atoms with E-state index in [-0.39, 0.29) is 0 Å². The summed E-state index contributed by atoms with van der Waals surface area (Å²) in [6, 6.07) is 14.3. The lowest BCUT2D eigenvalue weighted by Crippen LogP contribution is -2.35. The highest BCUT2D eigenvalue weighted by molar-refractivity contribution is 7.89. The van der Waals surface area contributed by atoms with Crippen LogP contribution in [0.3, 0.4) is 0 Å². The highest BCUT2D eigenvalue weighted by Gasteiger charge is 2.25. The summed E-state index contributed by atoms with van der Waals surface area (Å²) < 4.78 is 32.6. The molecule has 0 amide bonds. The summed E-state index contributed by atoms with van der Waals surface area (Å²) in [7, 11) is -3.40. The first-order chi connectivity index (χ1) is 11.6. The molecule has 3 aromatic rings. The van der Waals surface area contributed by atoms with Gasteiger partial charge < -0.3 is 4.42 Å². The van der Waals surface area contributed by atoms with Crippen molar-refractivity contribution in [1.82, 2.24) is 9.29 Å². The van der Waals surface area contributed by atoms with Crippen molar-refractivity contribution in [3.8, 4) is 11.5 Å². The maximum absolute atomic E-state index is 12.7. The number of piperidine rings is 1. The van der Waals surface area contributed by atoms with E-state index in [2.05, 4.69) is 4.98 Å². The van der Waals surface area contributed by atoms with Crippen LogP contribution in [0.15, 0.2) is 57.8 Å².